The summed E-state index contributed by atoms with van der Waals surface area (Å²) in [7, 11) is 3.18. The summed E-state index contributed by atoms with van der Waals surface area (Å²) < 4.78 is 17.0. The highest BCUT2D eigenvalue weighted by Gasteiger charge is 2.33. The highest BCUT2D eigenvalue weighted by Crippen LogP contribution is 2.40. The molecule has 0 bridgehead atoms. The van der Waals surface area contributed by atoms with Crippen LogP contribution in [0.25, 0.3) is 0 Å². The minimum absolute atomic E-state index is 0.195. The van der Waals surface area contributed by atoms with Crippen LogP contribution < -0.4 is 9.47 Å². The van der Waals surface area contributed by atoms with Crippen molar-refractivity contribution in [1.29, 1.82) is 0 Å². The van der Waals surface area contributed by atoms with E-state index in [4.69, 9.17) is 14.2 Å². The van der Waals surface area contributed by atoms with Crippen LogP contribution in [0.2, 0.25) is 0 Å². The summed E-state index contributed by atoms with van der Waals surface area (Å²) in [6.07, 6.45) is 0.0618. The van der Waals surface area contributed by atoms with Crippen LogP contribution in [0.1, 0.15) is 25.0 Å². The van der Waals surface area contributed by atoms with E-state index in [0.29, 0.717) is 29.6 Å². The summed E-state index contributed by atoms with van der Waals surface area (Å²) in [4.78, 5) is 0. The lowest BCUT2D eigenvalue weighted by Gasteiger charge is -2.24. The van der Waals surface area contributed by atoms with Crippen molar-refractivity contribution in [2.75, 3.05) is 20.8 Å². The Morgan fingerprint density at radius 2 is 2.00 bits per heavy atom. The van der Waals surface area contributed by atoms with Crippen LogP contribution in [0.15, 0.2) is 16.6 Å². The summed E-state index contributed by atoms with van der Waals surface area (Å²) in [6.45, 7) is 2.78. The first kappa shape index (κ1) is 14.6. The van der Waals surface area contributed by atoms with Crippen molar-refractivity contribution < 1.29 is 19.3 Å². The molecule has 0 radical (unpaired) electrons. The van der Waals surface area contributed by atoms with Crippen molar-refractivity contribution in [3.05, 3.63) is 22.2 Å². The second-order valence-corrected chi connectivity index (χ2v) is 5.63. The maximum Gasteiger partial charge on any atom is 0.133 e. The predicted octanol–water partition coefficient (Wildman–Crippen LogP) is 2.92. The van der Waals surface area contributed by atoms with E-state index >= 15 is 0 Å². The lowest BCUT2D eigenvalue weighted by molar-refractivity contribution is -0.0188. The SMILES string of the molecule is COc1cc(C(O)C2OCCC2C)c(OC)cc1Br. The van der Waals surface area contributed by atoms with Gasteiger partial charge in [-0.25, -0.2) is 0 Å². The van der Waals surface area contributed by atoms with Crippen molar-refractivity contribution in [1.82, 2.24) is 0 Å². The molecule has 0 aliphatic carbocycles. The molecule has 2 rings (SSSR count). The lowest BCUT2D eigenvalue weighted by atomic mass is 9.94. The lowest BCUT2D eigenvalue weighted by Crippen LogP contribution is -2.23. The molecule has 0 amide bonds. The average molecular weight is 331 g/mol. The molecule has 0 saturated carbocycles. The van der Waals surface area contributed by atoms with Gasteiger partial charge in [-0.1, -0.05) is 6.92 Å². The van der Waals surface area contributed by atoms with Gasteiger partial charge in [0.05, 0.1) is 24.8 Å². The number of hydrogen-bond acceptors (Lipinski definition) is 4. The van der Waals surface area contributed by atoms with Crippen molar-refractivity contribution >= 4 is 15.9 Å². The first-order valence-electron chi connectivity index (χ1n) is 6.29. The van der Waals surface area contributed by atoms with Crippen LogP contribution in [0, 0.1) is 5.92 Å². The number of benzene rings is 1. The highest BCUT2D eigenvalue weighted by molar-refractivity contribution is 9.10. The zero-order valence-corrected chi connectivity index (χ0v) is 12.9. The molecule has 1 saturated heterocycles. The fraction of sp³-hybridized carbons (Fsp3) is 0.571. The van der Waals surface area contributed by atoms with Crippen molar-refractivity contribution in [2.24, 2.45) is 5.92 Å². The number of halogens is 1. The van der Waals surface area contributed by atoms with Crippen molar-refractivity contribution in [2.45, 2.75) is 25.6 Å². The standard InChI is InChI=1S/C14H19BrO4/c1-8-4-5-19-14(8)13(16)9-6-12(18-3)10(15)7-11(9)17-2/h6-8,13-14,16H,4-5H2,1-3H3. The molecular formula is C14H19BrO4. The maximum absolute atomic E-state index is 10.5. The largest absolute Gasteiger partial charge is 0.496 e. The molecule has 19 heavy (non-hydrogen) atoms. The van der Waals surface area contributed by atoms with E-state index in [-0.39, 0.29) is 6.10 Å². The van der Waals surface area contributed by atoms with Gasteiger partial charge in [-0.3, -0.25) is 0 Å². The molecule has 1 aliphatic rings. The van der Waals surface area contributed by atoms with Gasteiger partial charge < -0.3 is 19.3 Å². The van der Waals surface area contributed by atoms with Gasteiger partial charge in [-0.05, 0) is 40.4 Å². The smallest absolute Gasteiger partial charge is 0.133 e. The first-order chi connectivity index (χ1) is 9.08. The maximum atomic E-state index is 10.5. The summed E-state index contributed by atoms with van der Waals surface area (Å²) in [6, 6.07) is 3.60. The number of hydrogen-bond donors (Lipinski definition) is 1. The van der Waals surface area contributed by atoms with Gasteiger partial charge in [0.25, 0.3) is 0 Å². The van der Waals surface area contributed by atoms with Gasteiger partial charge >= 0.3 is 0 Å². The molecular weight excluding hydrogens is 312 g/mol. The number of ether oxygens (including phenoxy) is 3. The van der Waals surface area contributed by atoms with Gasteiger partial charge in [-0.15, -0.1) is 0 Å². The Labute approximate surface area is 121 Å². The number of methoxy groups -OCH3 is 2. The number of rotatable bonds is 4. The van der Waals surface area contributed by atoms with Crippen LogP contribution >= 0.6 is 15.9 Å². The second kappa shape index (κ2) is 6.11. The van der Waals surface area contributed by atoms with Gasteiger partial charge in [0.15, 0.2) is 0 Å². The Morgan fingerprint density at radius 3 is 2.53 bits per heavy atom. The van der Waals surface area contributed by atoms with Crippen LogP contribution in [0.3, 0.4) is 0 Å². The fourth-order valence-electron chi connectivity index (χ4n) is 2.41. The van der Waals surface area contributed by atoms with Crippen molar-refractivity contribution in [3.63, 3.8) is 0 Å². The van der Waals surface area contributed by atoms with E-state index in [1.54, 1.807) is 26.4 Å². The van der Waals surface area contributed by atoms with Crippen LogP contribution in [0.4, 0.5) is 0 Å². The Hall–Kier alpha value is -0.780. The zero-order chi connectivity index (χ0) is 14.0. The summed E-state index contributed by atoms with van der Waals surface area (Å²) in [5.41, 5.74) is 0.696. The third kappa shape index (κ3) is 2.88. The highest BCUT2D eigenvalue weighted by atomic mass is 79.9. The van der Waals surface area contributed by atoms with E-state index in [0.717, 1.165) is 10.9 Å². The quantitative estimate of drug-likeness (QED) is 0.922. The summed E-state index contributed by atoms with van der Waals surface area (Å²) >= 11 is 3.41. The Kier molecular flexibility index (Phi) is 4.71. The zero-order valence-electron chi connectivity index (χ0n) is 11.4. The Bertz CT molecular complexity index is 449. The molecule has 4 nitrogen and oxygen atoms in total. The predicted molar refractivity (Wildman–Crippen MR) is 75.7 cm³/mol. The molecule has 1 N–H and O–H groups in total. The molecule has 1 aliphatic heterocycles. The minimum atomic E-state index is -0.713. The summed E-state index contributed by atoms with van der Waals surface area (Å²) in [5.74, 6) is 1.62. The van der Waals surface area contributed by atoms with Crippen LogP contribution in [-0.4, -0.2) is 32.0 Å². The van der Waals surface area contributed by atoms with Crippen LogP contribution in [-0.2, 0) is 4.74 Å². The third-order valence-corrected chi connectivity index (χ3v) is 4.20. The van der Waals surface area contributed by atoms with E-state index in [1.165, 1.54) is 0 Å². The fourth-order valence-corrected chi connectivity index (χ4v) is 2.90. The molecule has 1 aromatic carbocycles. The molecule has 3 atom stereocenters. The van der Waals surface area contributed by atoms with E-state index < -0.39 is 6.10 Å². The molecule has 3 unspecified atom stereocenters. The number of aliphatic hydroxyl groups excluding tert-OH is 1. The second-order valence-electron chi connectivity index (χ2n) is 4.77. The number of aliphatic hydroxyl groups is 1. The third-order valence-electron chi connectivity index (χ3n) is 3.58. The Morgan fingerprint density at radius 1 is 1.32 bits per heavy atom. The topological polar surface area (TPSA) is 47.9 Å². The normalized spacial score (nSPS) is 24.3. The van der Waals surface area contributed by atoms with Gasteiger partial charge in [0.2, 0.25) is 0 Å². The van der Waals surface area contributed by atoms with Crippen LogP contribution in [0.5, 0.6) is 11.5 Å². The molecule has 0 aromatic heterocycles. The van der Waals surface area contributed by atoms with Gasteiger partial charge in [-0.2, -0.15) is 0 Å². The molecule has 106 valence electrons. The molecule has 5 heteroatoms. The van der Waals surface area contributed by atoms with E-state index in [2.05, 4.69) is 22.9 Å². The first-order valence-corrected chi connectivity index (χ1v) is 7.08. The van der Waals surface area contributed by atoms with Crippen molar-refractivity contribution in [3.8, 4) is 11.5 Å². The van der Waals surface area contributed by atoms with Gasteiger partial charge in [0.1, 0.15) is 17.6 Å². The molecule has 0 spiro atoms. The van der Waals surface area contributed by atoms with E-state index in [1.807, 2.05) is 0 Å². The van der Waals surface area contributed by atoms with E-state index in [9.17, 15) is 5.11 Å². The Balaban J connectivity index is 2.36. The average Bonchev–Trinajstić information content (AvgIpc) is 2.83. The summed E-state index contributed by atoms with van der Waals surface area (Å²) in [5, 5.41) is 10.5. The molecule has 1 aromatic rings. The monoisotopic (exact) mass is 330 g/mol. The minimum Gasteiger partial charge on any atom is -0.496 e. The van der Waals surface area contributed by atoms with Gasteiger partial charge in [0, 0.05) is 12.2 Å². The molecule has 1 heterocycles. The molecule has 1 fully saturated rings.